The Morgan fingerprint density at radius 2 is 1.77 bits per heavy atom. The predicted molar refractivity (Wildman–Crippen MR) is 83.0 cm³/mol. The van der Waals surface area contributed by atoms with E-state index in [9.17, 15) is 15.0 Å². The van der Waals surface area contributed by atoms with Crippen LogP contribution in [0.15, 0.2) is 54.6 Å². The lowest BCUT2D eigenvalue weighted by molar-refractivity contribution is -0.663. The molecule has 0 aliphatic carbocycles. The number of hydrogen-bond acceptors (Lipinski definition) is 3. The molecule has 4 heteroatoms. The van der Waals surface area contributed by atoms with E-state index < -0.39 is 0 Å². The van der Waals surface area contributed by atoms with E-state index in [1.807, 2.05) is 13.0 Å². The molecule has 0 saturated carbocycles. The van der Waals surface area contributed by atoms with Gasteiger partial charge in [-0.25, -0.2) is 0 Å². The van der Waals surface area contributed by atoms with E-state index in [1.165, 1.54) is 4.57 Å². The zero-order valence-corrected chi connectivity index (χ0v) is 12.2. The molecule has 0 saturated heterocycles. The molecule has 1 heterocycles. The molecule has 2 N–H and O–H groups in total. The maximum absolute atomic E-state index is 12.4. The fourth-order valence-electron chi connectivity index (χ4n) is 2.57. The van der Waals surface area contributed by atoms with E-state index in [0.29, 0.717) is 11.1 Å². The van der Waals surface area contributed by atoms with Gasteiger partial charge in [-0.15, -0.1) is 0 Å². The SMILES string of the molecule is Cc1cc(O)[n+](CC(=O)c2ccccc2)c2cc(O)ccc12. The maximum Gasteiger partial charge on any atom is 0.366 e. The van der Waals surface area contributed by atoms with Crippen molar-refractivity contribution < 1.29 is 19.6 Å². The monoisotopic (exact) mass is 294 g/mol. The third kappa shape index (κ3) is 2.51. The molecule has 0 aliphatic heterocycles. The highest BCUT2D eigenvalue weighted by atomic mass is 16.3. The average Bonchev–Trinajstić information content (AvgIpc) is 2.51. The van der Waals surface area contributed by atoms with Crippen LogP contribution in [0.25, 0.3) is 10.9 Å². The van der Waals surface area contributed by atoms with Crippen molar-refractivity contribution in [3.63, 3.8) is 0 Å². The summed E-state index contributed by atoms with van der Waals surface area (Å²) in [5, 5.41) is 20.8. The molecular formula is C18H16NO3+. The highest BCUT2D eigenvalue weighted by Crippen LogP contribution is 2.23. The first-order chi connectivity index (χ1) is 10.6. The fraction of sp³-hybridized carbons (Fsp3) is 0.111. The Hall–Kier alpha value is -2.88. The van der Waals surface area contributed by atoms with Gasteiger partial charge >= 0.3 is 5.88 Å². The van der Waals surface area contributed by atoms with Crippen molar-refractivity contribution in [2.45, 2.75) is 13.5 Å². The topological polar surface area (TPSA) is 61.4 Å². The van der Waals surface area contributed by atoms with Crippen LogP contribution in [0.1, 0.15) is 15.9 Å². The molecule has 3 aromatic rings. The standard InChI is InChI=1S/C18H15NO3/c1-12-9-18(22)19(16-10-14(20)7-8-15(12)16)11-17(21)13-5-3-2-4-6-13/h2-10H,11H2,1H3,(H,20,22)/p+1. The maximum atomic E-state index is 12.4. The lowest BCUT2D eigenvalue weighted by Crippen LogP contribution is -2.39. The number of aryl methyl sites for hydroxylation is 1. The van der Waals surface area contributed by atoms with E-state index >= 15 is 0 Å². The van der Waals surface area contributed by atoms with Gasteiger partial charge in [0, 0.05) is 10.9 Å². The zero-order chi connectivity index (χ0) is 15.7. The number of hydrogen-bond donors (Lipinski definition) is 2. The summed E-state index contributed by atoms with van der Waals surface area (Å²) in [6, 6.07) is 15.5. The number of benzene rings is 2. The van der Waals surface area contributed by atoms with Gasteiger partial charge in [0.1, 0.15) is 5.75 Å². The number of carbonyl (C=O) groups excluding carboxylic acids is 1. The molecule has 3 rings (SSSR count). The number of nitrogens with zero attached hydrogens (tertiary/aromatic N) is 1. The number of ketones is 1. The quantitative estimate of drug-likeness (QED) is 0.577. The van der Waals surface area contributed by atoms with Crippen LogP contribution in [0, 0.1) is 6.92 Å². The molecule has 0 fully saturated rings. The third-order valence-corrected chi connectivity index (χ3v) is 3.72. The molecule has 0 atom stereocenters. The first-order valence-electron chi connectivity index (χ1n) is 6.99. The van der Waals surface area contributed by atoms with Gasteiger partial charge in [-0.3, -0.25) is 4.79 Å². The number of phenols is 1. The number of Topliss-reactive ketones (excluding diaryl/α,β-unsaturated/α-hetero) is 1. The molecule has 4 nitrogen and oxygen atoms in total. The summed E-state index contributed by atoms with van der Waals surface area (Å²) in [6.45, 7) is 1.89. The van der Waals surface area contributed by atoms with Crippen molar-refractivity contribution in [2.75, 3.05) is 0 Å². The van der Waals surface area contributed by atoms with Crippen molar-refractivity contribution in [1.82, 2.24) is 0 Å². The molecule has 0 radical (unpaired) electrons. The molecule has 110 valence electrons. The van der Waals surface area contributed by atoms with E-state index in [1.54, 1.807) is 48.5 Å². The molecule has 0 aliphatic rings. The van der Waals surface area contributed by atoms with Gasteiger partial charge in [-0.05, 0) is 24.6 Å². The van der Waals surface area contributed by atoms with E-state index in [-0.39, 0.29) is 24.0 Å². The zero-order valence-electron chi connectivity index (χ0n) is 12.2. The van der Waals surface area contributed by atoms with E-state index in [4.69, 9.17) is 0 Å². The number of aromatic hydroxyl groups is 2. The van der Waals surface area contributed by atoms with Gasteiger partial charge in [-0.2, -0.15) is 4.57 Å². The van der Waals surface area contributed by atoms with Crippen LogP contribution in [-0.4, -0.2) is 16.0 Å². The highest BCUT2D eigenvalue weighted by Gasteiger charge is 2.21. The van der Waals surface area contributed by atoms with Crippen LogP contribution in [0.2, 0.25) is 0 Å². The largest absolute Gasteiger partial charge is 0.508 e. The molecular weight excluding hydrogens is 278 g/mol. The van der Waals surface area contributed by atoms with Crippen LogP contribution in [-0.2, 0) is 6.54 Å². The van der Waals surface area contributed by atoms with Crippen LogP contribution >= 0.6 is 0 Å². The lowest BCUT2D eigenvalue weighted by atomic mass is 10.1. The summed E-state index contributed by atoms with van der Waals surface area (Å²) in [6.07, 6.45) is 0. The second kappa shape index (κ2) is 5.48. The number of phenolic OH excluding ortho intramolecular Hbond substituents is 1. The Balaban J connectivity index is 2.11. The van der Waals surface area contributed by atoms with Crippen molar-refractivity contribution in [1.29, 1.82) is 0 Å². The third-order valence-electron chi connectivity index (χ3n) is 3.72. The molecule has 2 aromatic carbocycles. The van der Waals surface area contributed by atoms with Gasteiger partial charge < -0.3 is 10.2 Å². The molecule has 22 heavy (non-hydrogen) atoms. The van der Waals surface area contributed by atoms with Crippen molar-refractivity contribution in [3.05, 3.63) is 65.7 Å². The van der Waals surface area contributed by atoms with Crippen LogP contribution in [0.3, 0.4) is 0 Å². The summed E-state index contributed by atoms with van der Waals surface area (Å²) in [4.78, 5) is 12.4. The van der Waals surface area contributed by atoms with Crippen molar-refractivity contribution in [2.24, 2.45) is 0 Å². The number of pyridine rings is 1. The van der Waals surface area contributed by atoms with Crippen LogP contribution in [0.4, 0.5) is 0 Å². The van der Waals surface area contributed by atoms with Gasteiger partial charge in [0.05, 0.1) is 12.1 Å². The minimum absolute atomic E-state index is 0.000110. The summed E-state index contributed by atoms with van der Waals surface area (Å²) in [5.41, 5.74) is 2.10. The Morgan fingerprint density at radius 3 is 2.50 bits per heavy atom. The Kier molecular flexibility index (Phi) is 3.51. The average molecular weight is 294 g/mol. The number of carbonyl (C=O) groups is 1. The number of rotatable bonds is 3. The van der Waals surface area contributed by atoms with Gasteiger partial charge in [0.15, 0.2) is 0 Å². The number of aromatic nitrogens is 1. The summed E-state index contributed by atoms with van der Waals surface area (Å²) in [7, 11) is 0. The smallest absolute Gasteiger partial charge is 0.366 e. The van der Waals surface area contributed by atoms with Crippen molar-refractivity contribution >= 4 is 16.7 Å². The molecule has 0 bridgehead atoms. The van der Waals surface area contributed by atoms with E-state index in [0.717, 1.165) is 10.9 Å². The van der Waals surface area contributed by atoms with Crippen molar-refractivity contribution in [3.8, 4) is 11.6 Å². The second-order valence-electron chi connectivity index (χ2n) is 5.26. The molecule has 0 unspecified atom stereocenters. The Bertz CT molecular complexity index is 857. The molecule has 0 amide bonds. The Morgan fingerprint density at radius 1 is 1.05 bits per heavy atom. The van der Waals surface area contributed by atoms with Gasteiger partial charge in [0.2, 0.25) is 17.8 Å². The predicted octanol–water partition coefficient (Wildman–Crippen LogP) is 2.73. The van der Waals surface area contributed by atoms with Gasteiger partial charge in [-0.1, -0.05) is 30.3 Å². The van der Waals surface area contributed by atoms with Gasteiger partial charge in [0.25, 0.3) is 0 Å². The first-order valence-corrected chi connectivity index (χ1v) is 6.99. The summed E-state index contributed by atoms with van der Waals surface area (Å²) in [5.74, 6) is -0.00677. The van der Waals surface area contributed by atoms with Crippen LogP contribution in [0.5, 0.6) is 11.6 Å². The highest BCUT2D eigenvalue weighted by molar-refractivity contribution is 5.95. The lowest BCUT2D eigenvalue weighted by Gasteiger charge is -2.06. The minimum Gasteiger partial charge on any atom is -0.508 e. The summed E-state index contributed by atoms with van der Waals surface area (Å²) >= 11 is 0. The summed E-state index contributed by atoms with van der Waals surface area (Å²) < 4.78 is 1.51. The van der Waals surface area contributed by atoms with Crippen LogP contribution < -0.4 is 4.57 Å². The molecule has 1 aromatic heterocycles. The first kappa shape index (κ1) is 14.1. The molecule has 0 spiro atoms. The van der Waals surface area contributed by atoms with E-state index in [2.05, 4.69) is 0 Å². The Labute approximate surface area is 127 Å². The fourth-order valence-corrected chi connectivity index (χ4v) is 2.57. The minimum atomic E-state index is -0.102. The number of fused-ring (bicyclic) bond motifs is 1. The normalized spacial score (nSPS) is 10.8. The second-order valence-corrected chi connectivity index (χ2v) is 5.26.